The van der Waals surface area contributed by atoms with Gasteiger partial charge in [0.1, 0.15) is 19.3 Å². The molecule has 0 aromatic rings. The van der Waals surface area contributed by atoms with Gasteiger partial charge in [0.2, 0.25) is 5.91 Å². The lowest BCUT2D eigenvalue weighted by Crippen LogP contribution is -2.47. The molecule has 71 heavy (non-hydrogen) atoms. The highest BCUT2D eigenvalue weighted by molar-refractivity contribution is 7.45. The summed E-state index contributed by atoms with van der Waals surface area (Å²) < 4.78 is 30.3. The fourth-order valence-corrected chi connectivity index (χ4v) is 9.34. The van der Waals surface area contributed by atoms with Crippen molar-refractivity contribution in [1.82, 2.24) is 5.32 Å². The highest BCUT2D eigenvalue weighted by Gasteiger charge is 2.27. The lowest BCUT2D eigenvalue weighted by atomic mass is 10.0. The summed E-state index contributed by atoms with van der Waals surface area (Å²) >= 11 is 0. The molecule has 0 rings (SSSR count). The molecule has 9 nitrogen and oxygen atoms in total. The first-order valence-electron chi connectivity index (χ1n) is 29.9. The van der Waals surface area contributed by atoms with Crippen LogP contribution in [0.2, 0.25) is 0 Å². The Kier molecular flexibility index (Phi) is 50.0. The van der Waals surface area contributed by atoms with Crippen molar-refractivity contribution < 1.29 is 37.3 Å². The zero-order valence-corrected chi connectivity index (χ0v) is 48.3. The number of unbranched alkanes of at least 4 members (excludes halogenated alkanes) is 32. The predicted octanol–water partition coefficient (Wildman–Crippen LogP) is 17.5. The number of quaternary nitrogens is 1. The molecule has 3 atom stereocenters. The fourth-order valence-electron chi connectivity index (χ4n) is 8.61. The molecule has 10 heteroatoms. The third-order valence-corrected chi connectivity index (χ3v) is 14.2. The Morgan fingerprint density at radius 3 is 1.35 bits per heavy atom. The van der Waals surface area contributed by atoms with Crippen LogP contribution < -0.4 is 10.2 Å². The van der Waals surface area contributed by atoms with Crippen LogP contribution in [0.4, 0.5) is 0 Å². The number of esters is 1. The van der Waals surface area contributed by atoms with E-state index in [9.17, 15) is 19.0 Å². The standard InChI is InChI=1S/C61H115N2O7P/c1-7-10-13-16-19-22-25-28-30-31-32-33-34-36-39-42-45-48-51-54-61(65)70-59(52-49-46-43-40-37-27-24-21-18-15-12-9-3)58(57-69-71(66,67)68-56-55-63(4,5)6)62-60(64)53-50-47-44-41-38-35-29-26-23-20-17-14-11-8-2/h11,14,20,23,28,30,49,52,58-59H,7-10,12-13,15-19,21-22,24-27,29,31-48,50-51,53-57H2,1-6H3,(H-,62,64,66,67)/b14-11+,23-20+,30-28+,52-49+. The van der Waals surface area contributed by atoms with Crippen LogP contribution in [0.25, 0.3) is 0 Å². The van der Waals surface area contributed by atoms with Crippen LogP contribution in [0.1, 0.15) is 278 Å². The summed E-state index contributed by atoms with van der Waals surface area (Å²) in [5.41, 5.74) is 0. The highest BCUT2D eigenvalue weighted by Crippen LogP contribution is 2.38. The number of ether oxygens (including phenoxy) is 1. The Morgan fingerprint density at radius 1 is 0.507 bits per heavy atom. The Labute approximate surface area is 439 Å². The van der Waals surface area contributed by atoms with Crippen LogP contribution in [-0.2, 0) is 27.9 Å². The Balaban J connectivity index is 5.27. The molecule has 0 bridgehead atoms. The van der Waals surface area contributed by atoms with Crippen molar-refractivity contribution in [3.05, 3.63) is 48.6 Å². The van der Waals surface area contributed by atoms with Crippen molar-refractivity contribution in [2.45, 2.75) is 290 Å². The molecule has 3 unspecified atom stereocenters. The minimum atomic E-state index is -4.70. The molecule has 0 aromatic carbocycles. The number of rotatable bonds is 54. The topological polar surface area (TPSA) is 114 Å². The summed E-state index contributed by atoms with van der Waals surface area (Å²) in [7, 11) is 1.18. The van der Waals surface area contributed by atoms with Crippen molar-refractivity contribution in [1.29, 1.82) is 0 Å². The second kappa shape index (κ2) is 51.5. The first kappa shape index (κ1) is 69.0. The molecule has 416 valence electrons. The van der Waals surface area contributed by atoms with Crippen LogP contribution in [0.3, 0.4) is 0 Å². The number of amides is 1. The van der Waals surface area contributed by atoms with Gasteiger partial charge in [-0.3, -0.25) is 14.2 Å². The molecule has 0 radical (unpaired) electrons. The molecule has 0 aliphatic carbocycles. The second-order valence-corrected chi connectivity index (χ2v) is 22.9. The lowest BCUT2D eigenvalue weighted by Gasteiger charge is -2.30. The number of nitrogens with one attached hydrogen (secondary N) is 1. The van der Waals surface area contributed by atoms with Gasteiger partial charge < -0.3 is 28.5 Å². The quantitative estimate of drug-likeness (QED) is 0.0212. The van der Waals surface area contributed by atoms with Crippen LogP contribution in [-0.4, -0.2) is 69.4 Å². The molecule has 0 heterocycles. The number of phosphoric acid groups is 1. The van der Waals surface area contributed by atoms with Gasteiger partial charge in [0.25, 0.3) is 7.82 Å². The first-order valence-corrected chi connectivity index (χ1v) is 31.4. The van der Waals surface area contributed by atoms with Crippen molar-refractivity contribution in [2.75, 3.05) is 40.9 Å². The van der Waals surface area contributed by atoms with E-state index in [2.05, 4.69) is 62.5 Å². The predicted molar refractivity (Wildman–Crippen MR) is 302 cm³/mol. The van der Waals surface area contributed by atoms with Crippen molar-refractivity contribution in [3.8, 4) is 0 Å². The molecular weight excluding hydrogens is 904 g/mol. The van der Waals surface area contributed by atoms with E-state index in [-0.39, 0.29) is 24.9 Å². The number of likely N-dealkylation sites (N-methyl/N-ethyl adjacent to an activating group) is 1. The molecule has 0 aliphatic rings. The van der Waals surface area contributed by atoms with E-state index < -0.39 is 26.6 Å². The van der Waals surface area contributed by atoms with Crippen LogP contribution in [0.15, 0.2) is 48.6 Å². The van der Waals surface area contributed by atoms with E-state index >= 15 is 0 Å². The zero-order chi connectivity index (χ0) is 52.2. The zero-order valence-electron chi connectivity index (χ0n) is 47.4. The van der Waals surface area contributed by atoms with Gasteiger partial charge in [-0.05, 0) is 83.1 Å². The molecule has 0 spiro atoms. The number of hydrogen-bond donors (Lipinski definition) is 1. The Bertz CT molecular complexity index is 1360. The maximum Gasteiger partial charge on any atom is 0.306 e. The minimum Gasteiger partial charge on any atom is -0.756 e. The van der Waals surface area contributed by atoms with Crippen LogP contribution >= 0.6 is 7.82 Å². The summed E-state index contributed by atoms with van der Waals surface area (Å²) in [6.07, 6.45) is 62.2. The van der Waals surface area contributed by atoms with E-state index in [1.54, 1.807) is 0 Å². The van der Waals surface area contributed by atoms with Crippen molar-refractivity contribution >= 4 is 19.7 Å². The van der Waals surface area contributed by atoms with Gasteiger partial charge in [-0.1, -0.05) is 230 Å². The van der Waals surface area contributed by atoms with Crippen LogP contribution in [0.5, 0.6) is 0 Å². The molecule has 0 fully saturated rings. The number of hydrogen-bond acceptors (Lipinski definition) is 7. The second-order valence-electron chi connectivity index (χ2n) is 21.5. The van der Waals surface area contributed by atoms with E-state index in [1.165, 1.54) is 161 Å². The molecule has 0 aromatic heterocycles. The average Bonchev–Trinajstić information content (AvgIpc) is 3.33. The van der Waals surface area contributed by atoms with Crippen molar-refractivity contribution in [3.63, 3.8) is 0 Å². The van der Waals surface area contributed by atoms with Crippen molar-refractivity contribution in [2.24, 2.45) is 0 Å². The molecule has 0 saturated carbocycles. The number of phosphoric ester groups is 1. The fraction of sp³-hybridized carbons (Fsp3) is 0.836. The molecule has 0 saturated heterocycles. The van der Waals surface area contributed by atoms with Gasteiger partial charge in [0.15, 0.2) is 0 Å². The van der Waals surface area contributed by atoms with Gasteiger partial charge in [-0.25, -0.2) is 0 Å². The lowest BCUT2D eigenvalue weighted by molar-refractivity contribution is -0.870. The van der Waals surface area contributed by atoms with Gasteiger partial charge in [-0.2, -0.15) is 0 Å². The number of carbonyl (C=O) groups is 2. The molecule has 0 aliphatic heterocycles. The monoisotopic (exact) mass is 1020 g/mol. The average molecular weight is 1020 g/mol. The number of carbonyl (C=O) groups excluding carboxylic acids is 2. The van der Waals surface area contributed by atoms with E-state index in [0.717, 1.165) is 83.5 Å². The molecule has 1 amide bonds. The summed E-state index contributed by atoms with van der Waals surface area (Å²) in [4.78, 5) is 39.9. The summed E-state index contributed by atoms with van der Waals surface area (Å²) in [5, 5.41) is 3.02. The summed E-state index contributed by atoms with van der Waals surface area (Å²) in [6.45, 7) is 6.74. The van der Waals surface area contributed by atoms with Gasteiger partial charge in [-0.15, -0.1) is 0 Å². The smallest absolute Gasteiger partial charge is 0.306 e. The molecular formula is C61H115N2O7P. The van der Waals surface area contributed by atoms with Crippen LogP contribution in [0, 0.1) is 0 Å². The van der Waals surface area contributed by atoms with E-state index in [0.29, 0.717) is 17.4 Å². The minimum absolute atomic E-state index is 0.0241. The van der Waals surface area contributed by atoms with Gasteiger partial charge in [0, 0.05) is 12.8 Å². The Morgan fingerprint density at radius 2 is 0.901 bits per heavy atom. The molecule has 1 N–H and O–H groups in total. The normalized spacial score (nSPS) is 14.1. The highest BCUT2D eigenvalue weighted by atomic mass is 31.2. The Hall–Kier alpha value is -2.03. The van der Waals surface area contributed by atoms with Gasteiger partial charge in [0.05, 0.1) is 33.8 Å². The van der Waals surface area contributed by atoms with Gasteiger partial charge >= 0.3 is 5.97 Å². The maximum atomic E-state index is 13.5. The first-order chi connectivity index (χ1) is 34.4. The summed E-state index contributed by atoms with van der Waals surface area (Å²) in [6, 6.07) is -0.891. The SMILES string of the molecule is CC/C=C/C/C=C/CCCCCCCCCC(=O)NC(COP(=O)([O-])OCC[N+](C)(C)C)C(/C=C/CCCCCCCCCCCC)OC(=O)CCCCCCCCCCC/C=C/CCCCCCCC. The number of nitrogens with zero attached hydrogens (tertiary/aromatic N) is 1. The largest absolute Gasteiger partial charge is 0.756 e. The maximum absolute atomic E-state index is 13.5. The number of allylic oxidation sites excluding steroid dienone is 7. The third kappa shape index (κ3) is 52.6. The van der Waals surface area contributed by atoms with E-state index in [4.69, 9.17) is 13.8 Å². The third-order valence-electron chi connectivity index (χ3n) is 13.2. The summed E-state index contributed by atoms with van der Waals surface area (Å²) in [5.74, 6) is -0.547. The van der Waals surface area contributed by atoms with E-state index in [1.807, 2.05) is 33.3 Å².